The van der Waals surface area contributed by atoms with Crippen LogP contribution in [0.25, 0.3) is 0 Å². The number of nitro benzene ring substituents is 1. The molecule has 138 valence electrons. The van der Waals surface area contributed by atoms with Gasteiger partial charge in [-0.3, -0.25) is 15.5 Å². The molecule has 0 bridgehead atoms. The number of ether oxygens (including phenoxy) is 1. The van der Waals surface area contributed by atoms with Crippen LogP contribution in [-0.2, 0) is 6.18 Å². The molecule has 0 fully saturated rings. The lowest BCUT2D eigenvalue weighted by atomic mass is 10.1. The molecule has 2 rings (SSSR count). The molecule has 2 aromatic rings. The van der Waals surface area contributed by atoms with Crippen molar-refractivity contribution in [3.63, 3.8) is 0 Å². The molecular weight excluding hydrogens is 355 g/mol. The molecule has 0 unspecified atom stereocenters. The van der Waals surface area contributed by atoms with E-state index < -0.39 is 22.4 Å². The summed E-state index contributed by atoms with van der Waals surface area (Å²) >= 11 is 0. The first-order chi connectivity index (χ1) is 12.2. The van der Waals surface area contributed by atoms with Crippen LogP contribution in [0.3, 0.4) is 0 Å². The van der Waals surface area contributed by atoms with Crippen LogP contribution in [-0.4, -0.2) is 22.9 Å². The Kier molecular flexibility index (Phi) is 5.65. The highest BCUT2D eigenvalue weighted by atomic mass is 19.4. The van der Waals surface area contributed by atoms with Gasteiger partial charge in [0.15, 0.2) is 11.5 Å². The van der Waals surface area contributed by atoms with E-state index in [9.17, 15) is 28.4 Å². The van der Waals surface area contributed by atoms with Crippen molar-refractivity contribution in [2.24, 2.45) is 5.10 Å². The highest BCUT2D eigenvalue weighted by Gasteiger charge is 2.33. The second-order valence-electron chi connectivity index (χ2n) is 5.02. The van der Waals surface area contributed by atoms with E-state index in [1.807, 2.05) is 0 Å². The van der Waals surface area contributed by atoms with E-state index in [2.05, 4.69) is 10.5 Å². The Labute approximate surface area is 145 Å². The summed E-state index contributed by atoms with van der Waals surface area (Å²) in [5.74, 6) is 0.173. The predicted octanol–water partition coefficient (Wildman–Crippen LogP) is 4.16. The highest BCUT2D eigenvalue weighted by Crippen LogP contribution is 2.35. The van der Waals surface area contributed by atoms with Gasteiger partial charge in [0.05, 0.1) is 23.3 Å². The number of anilines is 1. The quantitative estimate of drug-likeness (QED) is 0.453. The molecule has 0 atom stereocenters. The van der Waals surface area contributed by atoms with Crippen molar-refractivity contribution in [2.75, 3.05) is 12.0 Å². The van der Waals surface area contributed by atoms with Crippen molar-refractivity contribution >= 4 is 17.6 Å². The van der Waals surface area contributed by atoms with E-state index in [0.717, 1.165) is 12.1 Å². The van der Waals surface area contributed by atoms with Gasteiger partial charge in [-0.2, -0.15) is 18.3 Å². The number of phenols is 1. The zero-order valence-corrected chi connectivity index (χ0v) is 13.4. The molecule has 7 nitrogen and oxygen atoms in total. The van der Waals surface area contributed by atoms with Gasteiger partial charge in [0.25, 0.3) is 5.69 Å². The molecule has 0 saturated carbocycles. The summed E-state index contributed by atoms with van der Waals surface area (Å²) in [6.45, 7) is 2.08. The first kappa shape index (κ1) is 19.0. The fourth-order valence-corrected chi connectivity index (χ4v) is 2.01. The number of nitrogens with one attached hydrogen (secondary N) is 1. The summed E-state index contributed by atoms with van der Waals surface area (Å²) in [6.07, 6.45) is -3.41. The molecule has 0 aromatic heterocycles. The molecule has 0 aliphatic heterocycles. The number of benzene rings is 2. The van der Waals surface area contributed by atoms with E-state index in [1.165, 1.54) is 24.4 Å². The fraction of sp³-hybridized carbons (Fsp3) is 0.188. The number of hydrogen-bond acceptors (Lipinski definition) is 6. The van der Waals surface area contributed by atoms with Gasteiger partial charge in [0.2, 0.25) is 0 Å². The number of rotatable bonds is 6. The minimum absolute atomic E-state index is 0.0599. The van der Waals surface area contributed by atoms with Crippen molar-refractivity contribution < 1.29 is 27.9 Å². The molecule has 0 aliphatic carbocycles. The second kappa shape index (κ2) is 7.72. The number of nitro groups is 1. The van der Waals surface area contributed by atoms with Crippen molar-refractivity contribution in [1.29, 1.82) is 0 Å². The highest BCUT2D eigenvalue weighted by molar-refractivity contribution is 5.81. The summed E-state index contributed by atoms with van der Waals surface area (Å²) in [5, 5.41) is 24.4. The number of hydrazone groups is 1. The molecule has 0 radical (unpaired) electrons. The molecular formula is C16H14F3N3O4. The Balaban J connectivity index is 2.22. The lowest BCUT2D eigenvalue weighted by Gasteiger charge is -2.08. The maximum Gasteiger partial charge on any atom is 0.416 e. The minimum Gasteiger partial charge on any atom is -0.504 e. The van der Waals surface area contributed by atoms with Crippen molar-refractivity contribution in [3.8, 4) is 11.5 Å². The second-order valence-corrected chi connectivity index (χ2v) is 5.02. The van der Waals surface area contributed by atoms with Gasteiger partial charge in [-0.25, -0.2) is 0 Å². The molecule has 2 N–H and O–H groups in total. The lowest BCUT2D eigenvalue weighted by molar-refractivity contribution is -0.384. The maximum atomic E-state index is 12.7. The predicted molar refractivity (Wildman–Crippen MR) is 88.6 cm³/mol. The first-order valence-corrected chi connectivity index (χ1v) is 7.33. The fourth-order valence-electron chi connectivity index (χ4n) is 2.01. The molecule has 0 aliphatic rings. The topological polar surface area (TPSA) is 97.0 Å². The van der Waals surface area contributed by atoms with Gasteiger partial charge in [-0.1, -0.05) is 0 Å². The SMILES string of the molecule is CCOc1cc(C=NNc2ccc(C(F)(F)F)cc2[N+](=O)[O-])ccc1O. The standard InChI is InChI=1S/C16H14F3N3O4/c1-2-26-15-7-10(3-6-14(15)23)9-20-21-12-5-4-11(16(17,18)19)8-13(12)22(24)25/h3-9,21,23H,2H2,1H3. The average Bonchev–Trinajstić information content (AvgIpc) is 2.57. The largest absolute Gasteiger partial charge is 0.504 e. The summed E-state index contributed by atoms with van der Waals surface area (Å²) in [4.78, 5) is 10.1. The molecule has 0 saturated heterocycles. The van der Waals surface area contributed by atoms with Crippen molar-refractivity contribution in [1.82, 2.24) is 0 Å². The van der Waals surface area contributed by atoms with Crippen molar-refractivity contribution in [2.45, 2.75) is 13.1 Å². The Morgan fingerprint density at radius 3 is 2.65 bits per heavy atom. The Morgan fingerprint density at radius 2 is 2.04 bits per heavy atom. The molecule has 10 heteroatoms. The van der Waals surface area contributed by atoms with E-state index in [4.69, 9.17) is 4.74 Å². The third-order valence-corrected chi connectivity index (χ3v) is 3.20. The number of hydrogen-bond donors (Lipinski definition) is 2. The van der Waals surface area contributed by atoms with Crippen LogP contribution in [0.2, 0.25) is 0 Å². The van der Waals surface area contributed by atoms with Gasteiger partial charge < -0.3 is 9.84 Å². The molecule has 0 spiro atoms. The third kappa shape index (κ3) is 4.62. The number of nitrogens with zero attached hydrogens (tertiary/aromatic N) is 2. The zero-order valence-electron chi connectivity index (χ0n) is 13.4. The summed E-state index contributed by atoms with van der Waals surface area (Å²) in [5.41, 5.74) is 0.783. The van der Waals surface area contributed by atoms with Gasteiger partial charge >= 0.3 is 6.18 Å². The number of aromatic hydroxyl groups is 1. The van der Waals surface area contributed by atoms with Crippen LogP contribution in [0.4, 0.5) is 24.5 Å². The lowest BCUT2D eigenvalue weighted by Crippen LogP contribution is -2.06. The van der Waals surface area contributed by atoms with E-state index >= 15 is 0 Å². The van der Waals surface area contributed by atoms with Crippen LogP contribution in [0.15, 0.2) is 41.5 Å². The summed E-state index contributed by atoms with van der Waals surface area (Å²) in [6, 6.07) is 6.48. The Morgan fingerprint density at radius 1 is 1.31 bits per heavy atom. The van der Waals surface area contributed by atoms with Gasteiger partial charge in [-0.15, -0.1) is 0 Å². The summed E-state index contributed by atoms with van der Waals surface area (Å²) in [7, 11) is 0. The minimum atomic E-state index is -4.69. The number of phenolic OH excluding ortho intramolecular Hbond substituents is 1. The van der Waals surface area contributed by atoms with Crippen molar-refractivity contribution in [3.05, 3.63) is 57.6 Å². The smallest absolute Gasteiger partial charge is 0.416 e. The Hall–Kier alpha value is -3.30. The maximum absolute atomic E-state index is 12.7. The first-order valence-electron chi connectivity index (χ1n) is 7.33. The van der Waals surface area contributed by atoms with Crippen LogP contribution in [0.1, 0.15) is 18.1 Å². The molecule has 0 heterocycles. The molecule has 2 aromatic carbocycles. The average molecular weight is 369 g/mol. The van der Waals surface area contributed by atoms with E-state index in [-0.39, 0.29) is 17.2 Å². The molecule has 0 amide bonds. The van der Waals surface area contributed by atoms with Crippen LogP contribution in [0, 0.1) is 10.1 Å². The number of halogens is 3. The normalized spacial score (nSPS) is 11.5. The Bertz CT molecular complexity index is 838. The third-order valence-electron chi connectivity index (χ3n) is 3.20. The van der Waals surface area contributed by atoms with Crippen LogP contribution >= 0.6 is 0 Å². The molecule has 26 heavy (non-hydrogen) atoms. The van der Waals surface area contributed by atoms with Crippen LogP contribution in [0.5, 0.6) is 11.5 Å². The van der Waals surface area contributed by atoms with E-state index in [0.29, 0.717) is 18.2 Å². The van der Waals surface area contributed by atoms with Crippen LogP contribution < -0.4 is 10.2 Å². The van der Waals surface area contributed by atoms with E-state index in [1.54, 1.807) is 6.92 Å². The van der Waals surface area contributed by atoms with Gasteiger partial charge in [0.1, 0.15) is 5.69 Å². The van der Waals surface area contributed by atoms with Gasteiger partial charge in [-0.05, 0) is 42.8 Å². The summed E-state index contributed by atoms with van der Waals surface area (Å²) < 4.78 is 43.2. The number of alkyl halides is 3. The monoisotopic (exact) mass is 369 g/mol. The van der Waals surface area contributed by atoms with Gasteiger partial charge in [0, 0.05) is 6.07 Å². The zero-order chi connectivity index (χ0) is 19.3.